The van der Waals surface area contributed by atoms with Crippen molar-refractivity contribution >= 4 is 5.97 Å². The summed E-state index contributed by atoms with van der Waals surface area (Å²) in [6, 6.07) is 1.31. The molecule has 0 spiro atoms. The van der Waals surface area contributed by atoms with Crippen LogP contribution < -0.4 is 4.74 Å². The molecule has 0 radical (unpaired) electrons. The summed E-state index contributed by atoms with van der Waals surface area (Å²) in [6.07, 6.45) is 1.46. The molecule has 0 bridgehead atoms. The van der Waals surface area contributed by atoms with Crippen molar-refractivity contribution in [3.05, 3.63) is 24.0 Å². The number of carboxylic acid groups (broad SMARTS) is 1. The van der Waals surface area contributed by atoms with Gasteiger partial charge in [0.05, 0.1) is 6.20 Å². The first-order chi connectivity index (χ1) is 6.61. The van der Waals surface area contributed by atoms with E-state index in [0.29, 0.717) is 0 Å². The van der Waals surface area contributed by atoms with E-state index in [0.717, 1.165) is 0 Å². The highest BCUT2D eigenvalue weighted by Crippen LogP contribution is 2.16. The Morgan fingerprint density at radius 2 is 2.50 bits per heavy atom. The molecule has 1 aromatic heterocycles. The van der Waals surface area contributed by atoms with E-state index in [1.165, 1.54) is 25.4 Å². The Morgan fingerprint density at radius 1 is 1.79 bits per heavy atom. The third kappa shape index (κ3) is 2.69. The first-order valence-corrected chi connectivity index (χ1v) is 4.05. The highest BCUT2D eigenvalue weighted by molar-refractivity contribution is 5.90. The number of nitrogens with zero attached hydrogens (tertiary/aromatic N) is 1. The Bertz CT molecular complexity index is 328. The number of pyridine rings is 1. The van der Waals surface area contributed by atoms with Crippen LogP contribution in [0, 0.1) is 0 Å². The third-order valence-electron chi connectivity index (χ3n) is 1.48. The zero-order valence-corrected chi connectivity index (χ0v) is 7.61. The number of carbonyl (C=O) groups is 1. The van der Waals surface area contributed by atoms with Crippen LogP contribution in [0.4, 0.5) is 4.39 Å². The van der Waals surface area contributed by atoms with Gasteiger partial charge in [-0.05, 0) is 13.0 Å². The molecule has 1 atom stereocenters. The van der Waals surface area contributed by atoms with E-state index in [1.807, 2.05) is 0 Å². The average molecular weight is 199 g/mol. The lowest BCUT2D eigenvalue weighted by Crippen LogP contribution is -2.11. The SMILES string of the molecule is CC(F)COc1cnccc1C(=O)O. The maximum atomic E-state index is 12.4. The van der Waals surface area contributed by atoms with Crippen LogP contribution >= 0.6 is 0 Å². The van der Waals surface area contributed by atoms with Crippen molar-refractivity contribution in [2.45, 2.75) is 13.1 Å². The number of ether oxygens (including phenoxy) is 1. The zero-order valence-electron chi connectivity index (χ0n) is 7.61. The molecule has 1 heterocycles. The summed E-state index contributed by atoms with van der Waals surface area (Å²) >= 11 is 0. The maximum Gasteiger partial charge on any atom is 0.339 e. The van der Waals surface area contributed by atoms with Crippen molar-refractivity contribution in [3.8, 4) is 5.75 Å². The van der Waals surface area contributed by atoms with Gasteiger partial charge in [0, 0.05) is 6.20 Å². The molecule has 0 aliphatic carbocycles. The smallest absolute Gasteiger partial charge is 0.339 e. The van der Waals surface area contributed by atoms with Crippen molar-refractivity contribution in [1.29, 1.82) is 0 Å². The van der Waals surface area contributed by atoms with E-state index in [4.69, 9.17) is 9.84 Å². The molecule has 1 rings (SSSR count). The summed E-state index contributed by atoms with van der Waals surface area (Å²) in [5, 5.41) is 8.73. The molecule has 0 aliphatic rings. The Labute approximate surface area is 80.3 Å². The van der Waals surface area contributed by atoms with E-state index < -0.39 is 12.1 Å². The fourth-order valence-electron chi connectivity index (χ4n) is 0.876. The number of aromatic carboxylic acids is 1. The zero-order chi connectivity index (χ0) is 10.6. The quantitative estimate of drug-likeness (QED) is 0.798. The molecule has 5 heteroatoms. The molecule has 0 fully saturated rings. The molecule has 1 aromatic rings. The number of alkyl halides is 1. The van der Waals surface area contributed by atoms with Gasteiger partial charge in [0.1, 0.15) is 18.3 Å². The monoisotopic (exact) mass is 199 g/mol. The number of aromatic nitrogens is 1. The number of halogens is 1. The molecule has 1 N–H and O–H groups in total. The van der Waals surface area contributed by atoms with E-state index >= 15 is 0 Å². The number of carboxylic acids is 1. The van der Waals surface area contributed by atoms with Gasteiger partial charge in [0.15, 0.2) is 5.75 Å². The van der Waals surface area contributed by atoms with Gasteiger partial charge in [-0.3, -0.25) is 4.98 Å². The maximum absolute atomic E-state index is 12.4. The first-order valence-electron chi connectivity index (χ1n) is 4.05. The molecular weight excluding hydrogens is 189 g/mol. The minimum absolute atomic E-state index is 0.0133. The van der Waals surface area contributed by atoms with E-state index in [1.54, 1.807) is 0 Å². The molecule has 0 saturated carbocycles. The van der Waals surface area contributed by atoms with Gasteiger partial charge in [-0.15, -0.1) is 0 Å². The highest BCUT2D eigenvalue weighted by atomic mass is 19.1. The molecule has 0 aliphatic heterocycles. The molecule has 0 aromatic carbocycles. The number of rotatable bonds is 4. The number of hydrogen-bond donors (Lipinski definition) is 1. The predicted molar refractivity (Wildman–Crippen MR) is 47.3 cm³/mol. The third-order valence-corrected chi connectivity index (χ3v) is 1.48. The van der Waals surface area contributed by atoms with Crippen molar-refractivity contribution in [3.63, 3.8) is 0 Å². The molecule has 0 amide bonds. The van der Waals surface area contributed by atoms with Crippen molar-refractivity contribution < 1.29 is 19.0 Å². The normalized spacial score (nSPS) is 12.1. The topological polar surface area (TPSA) is 59.4 Å². The van der Waals surface area contributed by atoms with Gasteiger partial charge in [0.2, 0.25) is 0 Å². The van der Waals surface area contributed by atoms with Gasteiger partial charge < -0.3 is 9.84 Å². The van der Waals surface area contributed by atoms with Crippen LogP contribution in [0.15, 0.2) is 18.5 Å². The Kier molecular flexibility index (Phi) is 3.39. The standard InChI is InChI=1S/C9H10FNO3/c1-6(10)5-14-8-4-11-3-2-7(8)9(12)13/h2-4,6H,5H2,1H3,(H,12,13). The van der Waals surface area contributed by atoms with Crippen molar-refractivity contribution in [2.24, 2.45) is 0 Å². The summed E-state index contributed by atoms with van der Waals surface area (Å²) in [5.41, 5.74) is -0.0133. The van der Waals surface area contributed by atoms with Crippen molar-refractivity contribution in [1.82, 2.24) is 4.98 Å². The lowest BCUT2D eigenvalue weighted by Gasteiger charge is -2.08. The van der Waals surface area contributed by atoms with Crippen LogP contribution in [0.3, 0.4) is 0 Å². The molecule has 14 heavy (non-hydrogen) atoms. The van der Waals surface area contributed by atoms with E-state index in [9.17, 15) is 9.18 Å². The fraction of sp³-hybridized carbons (Fsp3) is 0.333. The second-order valence-corrected chi connectivity index (χ2v) is 2.77. The Morgan fingerprint density at radius 3 is 3.07 bits per heavy atom. The lowest BCUT2D eigenvalue weighted by atomic mass is 10.2. The van der Waals surface area contributed by atoms with Crippen molar-refractivity contribution in [2.75, 3.05) is 6.61 Å². The summed E-state index contributed by atoms with van der Waals surface area (Å²) in [5.74, 6) is -1.03. The molecule has 76 valence electrons. The average Bonchev–Trinajstić information content (AvgIpc) is 2.15. The Hall–Kier alpha value is -1.65. The lowest BCUT2D eigenvalue weighted by molar-refractivity contribution is 0.0690. The van der Waals surface area contributed by atoms with Crippen LogP contribution in [0.5, 0.6) is 5.75 Å². The van der Waals surface area contributed by atoms with E-state index in [-0.39, 0.29) is 17.9 Å². The molecular formula is C9H10FNO3. The summed E-state index contributed by atoms with van der Waals surface area (Å²) in [6.45, 7) is 1.16. The van der Waals surface area contributed by atoms with Crippen LogP contribution in [0.1, 0.15) is 17.3 Å². The van der Waals surface area contributed by atoms with E-state index in [2.05, 4.69) is 4.98 Å². The van der Waals surface area contributed by atoms with Gasteiger partial charge in [0.25, 0.3) is 0 Å². The minimum Gasteiger partial charge on any atom is -0.488 e. The van der Waals surface area contributed by atoms with Gasteiger partial charge in [-0.1, -0.05) is 0 Å². The summed E-state index contributed by atoms with van der Waals surface area (Å²) < 4.78 is 17.4. The molecule has 1 unspecified atom stereocenters. The molecule has 0 saturated heterocycles. The van der Waals surface area contributed by atoms with Crippen LogP contribution in [0.2, 0.25) is 0 Å². The van der Waals surface area contributed by atoms with Gasteiger partial charge >= 0.3 is 5.97 Å². The van der Waals surface area contributed by atoms with Crippen LogP contribution in [-0.2, 0) is 0 Å². The predicted octanol–water partition coefficient (Wildman–Crippen LogP) is 1.52. The number of hydrogen-bond acceptors (Lipinski definition) is 3. The second kappa shape index (κ2) is 4.55. The fourth-order valence-corrected chi connectivity index (χ4v) is 0.876. The largest absolute Gasteiger partial charge is 0.488 e. The minimum atomic E-state index is -1.14. The van der Waals surface area contributed by atoms with Gasteiger partial charge in [-0.2, -0.15) is 0 Å². The van der Waals surface area contributed by atoms with Crippen LogP contribution in [0.25, 0.3) is 0 Å². The van der Waals surface area contributed by atoms with Crippen LogP contribution in [-0.4, -0.2) is 28.8 Å². The first kappa shape index (κ1) is 10.4. The second-order valence-electron chi connectivity index (χ2n) is 2.77. The summed E-state index contributed by atoms with van der Waals surface area (Å²) in [4.78, 5) is 14.4. The highest BCUT2D eigenvalue weighted by Gasteiger charge is 2.11. The summed E-state index contributed by atoms with van der Waals surface area (Å²) in [7, 11) is 0. The molecule has 4 nitrogen and oxygen atoms in total. The van der Waals surface area contributed by atoms with Gasteiger partial charge in [-0.25, -0.2) is 9.18 Å². The Balaban J connectivity index is 2.79.